The van der Waals surface area contributed by atoms with Crippen molar-refractivity contribution < 1.29 is 19.8 Å². The molecule has 1 amide bonds. The summed E-state index contributed by atoms with van der Waals surface area (Å²) in [5.74, 6) is -0.629. The van der Waals surface area contributed by atoms with E-state index in [2.05, 4.69) is 12.2 Å². The Labute approximate surface area is 120 Å². The van der Waals surface area contributed by atoms with E-state index < -0.39 is 17.0 Å². The lowest BCUT2D eigenvalue weighted by Gasteiger charge is -2.36. The van der Waals surface area contributed by atoms with Gasteiger partial charge in [-0.05, 0) is 45.4 Å². The highest BCUT2D eigenvalue weighted by Crippen LogP contribution is 2.33. The fourth-order valence-corrected chi connectivity index (χ4v) is 2.60. The zero-order chi connectivity index (χ0) is 15.4. The third-order valence-electron chi connectivity index (χ3n) is 4.41. The number of aliphatic hydroxyl groups is 1. The summed E-state index contributed by atoms with van der Waals surface area (Å²) in [5.41, 5.74) is -1.90. The molecule has 0 atom stereocenters. The van der Waals surface area contributed by atoms with Crippen molar-refractivity contribution in [3.05, 3.63) is 0 Å². The van der Waals surface area contributed by atoms with E-state index in [1.165, 1.54) is 13.8 Å². The van der Waals surface area contributed by atoms with Crippen molar-refractivity contribution in [2.24, 2.45) is 11.3 Å². The van der Waals surface area contributed by atoms with Gasteiger partial charge in [0.1, 0.15) is 0 Å². The van der Waals surface area contributed by atoms with Crippen molar-refractivity contribution in [1.82, 2.24) is 5.32 Å². The summed E-state index contributed by atoms with van der Waals surface area (Å²) < 4.78 is 0. The molecule has 5 heteroatoms. The van der Waals surface area contributed by atoms with E-state index >= 15 is 0 Å². The second-order valence-electron chi connectivity index (χ2n) is 6.72. The molecule has 1 aliphatic carbocycles. The lowest BCUT2D eigenvalue weighted by Crippen LogP contribution is -2.46. The Balaban J connectivity index is 2.39. The predicted octanol–water partition coefficient (Wildman–Crippen LogP) is 1.93. The summed E-state index contributed by atoms with van der Waals surface area (Å²) in [4.78, 5) is 22.7. The number of hydrogen-bond acceptors (Lipinski definition) is 3. The van der Waals surface area contributed by atoms with Crippen LogP contribution >= 0.6 is 0 Å². The molecule has 1 aliphatic rings. The van der Waals surface area contributed by atoms with Gasteiger partial charge in [0.15, 0.2) is 0 Å². The van der Waals surface area contributed by atoms with Crippen LogP contribution in [0.15, 0.2) is 0 Å². The average Bonchev–Trinajstić information content (AvgIpc) is 2.37. The van der Waals surface area contributed by atoms with Crippen molar-refractivity contribution in [3.63, 3.8) is 0 Å². The molecule has 0 aromatic rings. The van der Waals surface area contributed by atoms with Gasteiger partial charge in [0.05, 0.1) is 11.0 Å². The lowest BCUT2D eigenvalue weighted by atomic mass is 9.78. The first-order valence-electron chi connectivity index (χ1n) is 7.41. The van der Waals surface area contributed by atoms with E-state index in [1.54, 1.807) is 0 Å². The van der Waals surface area contributed by atoms with Crippen LogP contribution in [-0.2, 0) is 9.59 Å². The molecule has 20 heavy (non-hydrogen) atoms. The van der Waals surface area contributed by atoms with Crippen molar-refractivity contribution in [3.8, 4) is 0 Å². The highest BCUT2D eigenvalue weighted by Gasteiger charge is 2.34. The maximum atomic E-state index is 11.8. The number of carbonyl (C=O) groups is 2. The fraction of sp³-hybridized carbons (Fsp3) is 0.867. The van der Waals surface area contributed by atoms with Crippen LogP contribution in [0.25, 0.3) is 0 Å². The number of rotatable bonds is 6. The summed E-state index contributed by atoms with van der Waals surface area (Å²) in [5, 5.41) is 22.1. The molecule has 0 radical (unpaired) electrons. The van der Waals surface area contributed by atoms with Gasteiger partial charge in [-0.3, -0.25) is 9.59 Å². The largest absolute Gasteiger partial charge is 0.481 e. The van der Waals surface area contributed by atoms with Crippen molar-refractivity contribution in [2.75, 3.05) is 6.54 Å². The second-order valence-corrected chi connectivity index (χ2v) is 6.72. The van der Waals surface area contributed by atoms with E-state index in [9.17, 15) is 14.7 Å². The van der Waals surface area contributed by atoms with Crippen molar-refractivity contribution >= 4 is 11.9 Å². The monoisotopic (exact) mass is 285 g/mol. The molecule has 1 rings (SSSR count). The molecule has 0 aromatic heterocycles. The van der Waals surface area contributed by atoms with Crippen LogP contribution in [0.3, 0.4) is 0 Å². The molecule has 0 bridgehead atoms. The van der Waals surface area contributed by atoms with Gasteiger partial charge in [-0.1, -0.05) is 13.3 Å². The standard InChI is InChI=1S/C15H27NO4/c1-4-11-5-7-15(20,8-6-11)10-16-12(17)9-14(2,3)13(18)19/h11,20H,4-10H2,1-3H3,(H,16,17)(H,18,19). The summed E-state index contributed by atoms with van der Waals surface area (Å²) in [6.07, 6.45) is 4.44. The first kappa shape index (κ1) is 17.0. The number of amides is 1. The Bertz CT molecular complexity index is 357. The zero-order valence-electron chi connectivity index (χ0n) is 12.7. The Morgan fingerprint density at radius 1 is 1.30 bits per heavy atom. The Hall–Kier alpha value is -1.10. The van der Waals surface area contributed by atoms with Gasteiger partial charge >= 0.3 is 5.97 Å². The van der Waals surface area contributed by atoms with Crippen LogP contribution in [-0.4, -0.2) is 34.2 Å². The van der Waals surface area contributed by atoms with E-state index in [0.717, 1.165) is 19.3 Å². The Kier molecular flexibility index (Phi) is 5.57. The van der Waals surface area contributed by atoms with Gasteiger partial charge in [0.2, 0.25) is 5.91 Å². The van der Waals surface area contributed by atoms with Crippen molar-refractivity contribution in [1.29, 1.82) is 0 Å². The molecule has 0 aromatic carbocycles. The molecule has 0 heterocycles. The summed E-state index contributed by atoms with van der Waals surface area (Å²) >= 11 is 0. The van der Waals surface area contributed by atoms with Gasteiger partial charge in [0, 0.05) is 13.0 Å². The molecular formula is C15H27NO4. The summed E-state index contributed by atoms with van der Waals surface area (Å²) in [6, 6.07) is 0. The van der Waals surface area contributed by atoms with Gasteiger partial charge in [-0.25, -0.2) is 0 Å². The number of nitrogens with one attached hydrogen (secondary N) is 1. The van der Waals surface area contributed by atoms with Gasteiger partial charge in [0.25, 0.3) is 0 Å². The molecule has 5 nitrogen and oxygen atoms in total. The van der Waals surface area contributed by atoms with Crippen LogP contribution in [0, 0.1) is 11.3 Å². The highest BCUT2D eigenvalue weighted by molar-refractivity contribution is 5.84. The first-order chi connectivity index (χ1) is 9.18. The van der Waals surface area contributed by atoms with Crippen LogP contribution in [0.4, 0.5) is 0 Å². The summed E-state index contributed by atoms with van der Waals surface area (Å²) in [7, 11) is 0. The van der Waals surface area contributed by atoms with E-state index in [-0.39, 0.29) is 18.9 Å². The van der Waals surface area contributed by atoms with Crippen LogP contribution < -0.4 is 5.32 Å². The quantitative estimate of drug-likeness (QED) is 0.696. The minimum atomic E-state index is -1.08. The number of hydrogen-bond donors (Lipinski definition) is 3. The van der Waals surface area contributed by atoms with Crippen molar-refractivity contribution in [2.45, 2.75) is 64.9 Å². The number of carboxylic acid groups (broad SMARTS) is 1. The zero-order valence-corrected chi connectivity index (χ0v) is 12.7. The smallest absolute Gasteiger partial charge is 0.309 e. The second kappa shape index (κ2) is 6.57. The highest BCUT2D eigenvalue weighted by atomic mass is 16.4. The van der Waals surface area contributed by atoms with Crippen LogP contribution in [0.5, 0.6) is 0 Å². The molecule has 0 saturated heterocycles. The number of carbonyl (C=O) groups excluding carboxylic acids is 1. The molecule has 0 aliphatic heterocycles. The minimum absolute atomic E-state index is 0.0734. The molecule has 0 spiro atoms. The summed E-state index contributed by atoms with van der Waals surface area (Å²) in [6.45, 7) is 5.43. The molecule has 116 valence electrons. The van der Waals surface area contributed by atoms with Crippen LogP contribution in [0.2, 0.25) is 0 Å². The Morgan fingerprint density at radius 3 is 2.30 bits per heavy atom. The predicted molar refractivity (Wildman–Crippen MR) is 76.2 cm³/mol. The molecule has 3 N–H and O–H groups in total. The maximum Gasteiger partial charge on any atom is 0.309 e. The SMILES string of the molecule is CCC1CCC(O)(CNC(=O)CC(C)(C)C(=O)O)CC1. The molecule has 1 saturated carbocycles. The molecule has 0 unspecified atom stereocenters. The van der Waals surface area contributed by atoms with Gasteiger partial charge < -0.3 is 15.5 Å². The average molecular weight is 285 g/mol. The molecule has 1 fully saturated rings. The van der Waals surface area contributed by atoms with E-state index in [1.807, 2.05) is 0 Å². The van der Waals surface area contributed by atoms with Crippen LogP contribution in [0.1, 0.15) is 59.3 Å². The minimum Gasteiger partial charge on any atom is -0.481 e. The van der Waals surface area contributed by atoms with Gasteiger partial charge in [-0.15, -0.1) is 0 Å². The van der Waals surface area contributed by atoms with Gasteiger partial charge in [-0.2, -0.15) is 0 Å². The van der Waals surface area contributed by atoms with E-state index in [0.29, 0.717) is 18.8 Å². The third-order valence-corrected chi connectivity index (χ3v) is 4.41. The topological polar surface area (TPSA) is 86.6 Å². The maximum absolute atomic E-state index is 11.8. The third kappa shape index (κ3) is 4.78. The fourth-order valence-electron chi connectivity index (χ4n) is 2.60. The molecular weight excluding hydrogens is 258 g/mol. The normalized spacial score (nSPS) is 27.1. The lowest BCUT2D eigenvalue weighted by molar-refractivity contribution is -0.149. The Morgan fingerprint density at radius 2 is 1.85 bits per heavy atom. The first-order valence-corrected chi connectivity index (χ1v) is 7.41. The van der Waals surface area contributed by atoms with E-state index in [4.69, 9.17) is 5.11 Å². The number of carboxylic acids is 1. The number of aliphatic carboxylic acids is 1.